The number of unbranched alkanes of at least 4 members (excludes halogenated alkanes) is 3. The van der Waals surface area contributed by atoms with Crippen molar-refractivity contribution in [1.29, 1.82) is 5.26 Å². The molecule has 0 fully saturated rings. The first-order chi connectivity index (χ1) is 15.7. The molecule has 3 aromatic rings. The molecular formula is C27H28N2O3. The molecule has 5 heteroatoms. The molecule has 32 heavy (non-hydrogen) atoms. The van der Waals surface area contributed by atoms with Crippen LogP contribution >= 0.6 is 0 Å². The zero-order valence-electron chi connectivity index (χ0n) is 18.4. The highest BCUT2D eigenvalue weighted by atomic mass is 16.5. The quantitative estimate of drug-likeness (QED) is 0.280. The number of aromatic nitrogens is 1. The maximum atomic E-state index is 12.4. The molecule has 0 N–H and O–H groups in total. The molecule has 0 aliphatic heterocycles. The van der Waals surface area contributed by atoms with Crippen LogP contribution in [0.25, 0.3) is 0 Å². The van der Waals surface area contributed by atoms with Crippen LogP contribution in [0, 0.1) is 11.3 Å². The molecule has 1 aromatic heterocycles. The van der Waals surface area contributed by atoms with Crippen LogP contribution in [0.15, 0.2) is 66.9 Å². The van der Waals surface area contributed by atoms with Gasteiger partial charge in [-0.15, -0.1) is 0 Å². The monoisotopic (exact) mass is 428 g/mol. The Balaban J connectivity index is 1.46. The summed E-state index contributed by atoms with van der Waals surface area (Å²) in [6.45, 7) is 2.87. The molecular weight excluding hydrogens is 400 g/mol. The number of aryl methyl sites for hydroxylation is 2. The number of nitriles is 1. The van der Waals surface area contributed by atoms with Crippen molar-refractivity contribution in [2.45, 2.75) is 45.4 Å². The Labute approximate surface area is 189 Å². The van der Waals surface area contributed by atoms with Crippen LogP contribution in [0.5, 0.6) is 11.5 Å². The van der Waals surface area contributed by atoms with E-state index in [4.69, 9.17) is 14.7 Å². The molecule has 0 spiro atoms. The molecule has 0 unspecified atom stereocenters. The number of hydrogen-bond donors (Lipinski definition) is 0. The van der Waals surface area contributed by atoms with E-state index in [1.54, 1.807) is 36.5 Å². The molecule has 0 saturated carbocycles. The van der Waals surface area contributed by atoms with Crippen molar-refractivity contribution in [3.8, 4) is 17.6 Å². The van der Waals surface area contributed by atoms with Gasteiger partial charge in [0.25, 0.3) is 0 Å². The fourth-order valence-electron chi connectivity index (χ4n) is 3.21. The second kappa shape index (κ2) is 12.3. The molecule has 164 valence electrons. The van der Waals surface area contributed by atoms with Crippen molar-refractivity contribution in [3.05, 3.63) is 89.2 Å². The zero-order valence-corrected chi connectivity index (χ0v) is 18.4. The summed E-state index contributed by atoms with van der Waals surface area (Å²) < 4.78 is 11.1. The summed E-state index contributed by atoms with van der Waals surface area (Å²) in [6, 6.07) is 20.3. The number of carbonyl (C=O) groups excluding carboxylic acids is 1. The Bertz CT molecular complexity index is 1020. The van der Waals surface area contributed by atoms with E-state index < -0.39 is 5.97 Å². The van der Waals surface area contributed by atoms with Crippen molar-refractivity contribution in [2.75, 3.05) is 6.61 Å². The summed E-state index contributed by atoms with van der Waals surface area (Å²) in [5, 5.41) is 8.86. The van der Waals surface area contributed by atoms with Crippen LogP contribution in [0.1, 0.15) is 59.8 Å². The summed E-state index contributed by atoms with van der Waals surface area (Å²) in [7, 11) is 0. The number of rotatable bonds is 11. The van der Waals surface area contributed by atoms with E-state index >= 15 is 0 Å². The first-order valence-corrected chi connectivity index (χ1v) is 11.1. The highest BCUT2D eigenvalue weighted by molar-refractivity contribution is 5.91. The van der Waals surface area contributed by atoms with Crippen LogP contribution in [0.3, 0.4) is 0 Å². The fraction of sp³-hybridized carbons (Fsp3) is 0.296. The largest absolute Gasteiger partial charge is 0.494 e. The molecule has 0 bridgehead atoms. The van der Waals surface area contributed by atoms with Crippen LogP contribution in [-0.4, -0.2) is 17.6 Å². The first kappa shape index (κ1) is 23.0. The van der Waals surface area contributed by atoms with Gasteiger partial charge >= 0.3 is 5.97 Å². The van der Waals surface area contributed by atoms with E-state index in [2.05, 4.69) is 18.0 Å². The third-order valence-corrected chi connectivity index (χ3v) is 5.12. The van der Waals surface area contributed by atoms with Crippen molar-refractivity contribution >= 4 is 5.97 Å². The van der Waals surface area contributed by atoms with E-state index in [0.717, 1.165) is 36.3 Å². The second-order valence-electron chi connectivity index (χ2n) is 7.62. The molecule has 0 atom stereocenters. The van der Waals surface area contributed by atoms with Crippen molar-refractivity contribution < 1.29 is 14.3 Å². The van der Waals surface area contributed by atoms with E-state index in [0.29, 0.717) is 23.5 Å². The summed E-state index contributed by atoms with van der Waals surface area (Å²) in [5.41, 5.74) is 3.18. The van der Waals surface area contributed by atoms with Gasteiger partial charge in [0.1, 0.15) is 11.5 Å². The van der Waals surface area contributed by atoms with Crippen molar-refractivity contribution in [1.82, 2.24) is 4.98 Å². The lowest BCUT2D eigenvalue weighted by Crippen LogP contribution is -2.09. The molecule has 5 nitrogen and oxygen atoms in total. The highest BCUT2D eigenvalue weighted by Crippen LogP contribution is 2.17. The number of benzene rings is 2. The fourth-order valence-corrected chi connectivity index (χ4v) is 3.21. The minimum atomic E-state index is -0.424. The number of nitrogens with zero attached hydrogens (tertiary/aromatic N) is 2. The molecule has 1 heterocycles. The molecule has 3 rings (SSSR count). The minimum absolute atomic E-state index is 0.411. The molecule has 0 saturated heterocycles. The number of ether oxygens (including phenoxy) is 2. The van der Waals surface area contributed by atoms with Crippen LogP contribution < -0.4 is 9.47 Å². The average Bonchev–Trinajstić information content (AvgIpc) is 2.84. The van der Waals surface area contributed by atoms with Crippen LogP contribution in [-0.2, 0) is 12.8 Å². The third-order valence-electron chi connectivity index (χ3n) is 5.12. The lowest BCUT2D eigenvalue weighted by Gasteiger charge is -2.08. The van der Waals surface area contributed by atoms with Gasteiger partial charge in [0.2, 0.25) is 0 Å². The van der Waals surface area contributed by atoms with Gasteiger partial charge in [-0.25, -0.2) is 4.79 Å². The van der Waals surface area contributed by atoms with E-state index in [1.807, 2.05) is 30.3 Å². The van der Waals surface area contributed by atoms with E-state index in [-0.39, 0.29) is 0 Å². The van der Waals surface area contributed by atoms with Gasteiger partial charge in [0, 0.05) is 5.69 Å². The van der Waals surface area contributed by atoms with Crippen molar-refractivity contribution in [3.63, 3.8) is 0 Å². The summed E-state index contributed by atoms with van der Waals surface area (Å²) in [6.07, 6.45) is 7.79. The van der Waals surface area contributed by atoms with Gasteiger partial charge in [-0.1, -0.05) is 38.3 Å². The second-order valence-corrected chi connectivity index (χ2v) is 7.62. The number of pyridine rings is 1. The average molecular weight is 429 g/mol. The van der Waals surface area contributed by atoms with E-state index in [9.17, 15) is 4.79 Å². The maximum absolute atomic E-state index is 12.4. The van der Waals surface area contributed by atoms with Gasteiger partial charge < -0.3 is 9.47 Å². The predicted octanol–water partition coefficient (Wildman–Crippen LogP) is 5.92. The Hall–Kier alpha value is -3.65. The van der Waals surface area contributed by atoms with Gasteiger partial charge in [-0.3, -0.25) is 4.98 Å². The van der Waals surface area contributed by atoms with Crippen LogP contribution in [0.2, 0.25) is 0 Å². The molecule has 0 amide bonds. The lowest BCUT2D eigenvalue weighted by atomic mass is 10.1. The maximum Gasteiger partial charge on any atom is 0.343 e. The number of esters is 1. The van der Waals surface area contributed by atoms with Gasteiger partial charge in [-0.05, 0) is 73.4 Å². The van der Waals surface area contributed by atoms with E-state index in [1.165, 1.54) is 19.3 Å². The SMILES string of the molecule is CCCCCCOc1ccc(C(=O)Oc2ccc(CCc3ccc(C#N)cc3)nc2)cc1. The predicted molar refractivity (Wildman–Crippen MR) is 124 cm³/mol. The molecule has 0 aliphatic rings. The normalized spacial score (nSPS) is 10.4. The topological polar surface area (TPSA) is 72.2 Å². The Kier molecular flexibility index (Phi) is 8.82. The van der Waals surface area contributed by atoms with Crippen molar-refractivity contribution in [2.24, 2.45) is 0 Å². The zero-order chi connectivity index (χ0) is 22.6. The summed E-state index contributed by atoms with van der Waals surface area (Å²) in [5.74, 6) is 0.742. The standard InChI is InChI=1S/C27H28N2O3/c1-2-3-4-5-18-31-25-15-11-23(12-16-25)27(30)32-26-17-14-24(29-20-26)13-10-21-6-8-22(19-28)9-7-21/h6-9,11-12,14-17,20H,2-5,10,13,18H2,1H3. The molecule has 0 radical (unpaired) electrons. The third kappa shape index (κ3) is 7.24. The first-order valence-electron chi connectivity index (χ1n) is 11.1. The number of carbonyl (C=O) groups is 1. The number of hydrogen-bond acceptors (Lipinski definition) is 5. The van der Waals surface area contributed by atoms with Crippen LogP contribution in [0.4, 0.5) is 0 Å². The van der Waals surface area contributed by atoms with Gasteiger partial charge in [0.15, 0.2) is 0 Å². The van der Waals surface area contributed by atoms with Gasteiger partial charge in [-0.2, -0.15) is 5.26 Å². The smallest absolute Gasteiger partial charge is 0.343 e. The van der Waals surface area contributed by atoms with Gasteiger partial charge in [0.05, 0.1) is 30.0 Å². The Morgan fingerprint density at radius 1 is 0.906 bits per heavy atom. The lowest BCUT2D eigenvalue weighted by molar-refractivity contribution is 0.0734. The Morgan fingerprint density at radius 2 is 1.66 bits per heavy atom. The highest BCUT2D eigenvalue weighted by Gasteiger charge is 2.09. The summed E-state index contributed by atoms with van der Waals surface area (Å²) in [4.78, 5) is 16.8. The summed E-state index contributed by atoms with van der Waals surface area (Å²) >= 11 is 0. The Morgan fingerprint density at radius 3 is 2.31 bits per heavy atom. The molecule has 2 aromatic carbocycles. The minimum Gasteiger partial charge on any atom is -0.494 e. The molecule has 0 aliphatic carbocycles.